The molecule has 2 aromatic rings. The molecule has 1 heterocycles. The van der Waals surface area contributed by atoms with E-state index in [1.807, 2.05) is 13.8 Å². The standard InChI is InChI=1S/C23H22F2N2O3/c1-22(2)15-7-9-23(22,19(29)11-13(28)8-10-30-3)21-14(15)12-18(26-27-21)20-16(24)5-4-6-17(20)25/h4-6,8,10-12,15,29H,7,9H2,1-3H3/t15-,23-/m0/s1. The lowest BCUT2D eigenvalue weighted by Gasteiger charge is -2.37. The highest BCUT2D eigenvalue weighted by Crippen LogP contribution is 2.69. The molecule has 1 aromatic carbocycles. The minimum Gasteiger partial charge on any atom is -0.511 e. The monoisotopic (exact) mass is 412 g/mol. The number of hydrogen-bond acceptors (Lipinski definition) is 5. The fraction of sp³-hybridized carbons (Fsp3) is 0.348. The van der Waals surface area contributed by atoms with E-state index in [1.54, 1.807) is 6.07 Å². The largest absolute Gasteiger partial charge is 0.511 e. The van der Waals surface area contributed by atoms with Gasteiger partial charge in [-0.3, -0.25) is 4.79 Å². The average molecular weight is 412 g/mol. The molecule has 0 aliphatic heterocycles. The quantitative estimate of drug-likeness (QED) is 0.567. The van der Waals surface area contributed by atoms with Crippen LogP contribution in [0.25, 0.3) is 11.3 Å². The SMILES string of the molecule is COC=CC(=O)C=C(O)[C@@]12CC[C@@H](c3cc(-c4c(F)cccc4F)nnc31)C2(C)C. The molecule has 156 valence electrons. The summed E-state index contributed by atoms with van der Waals surface area (Å²) in [5, 5.41) is 19.4. The van der Waals surface area contributed by atoms with Crippen LogP contribution in [0.1, 0.15) is 43.9 Å². The molecule has 0 amide bonds. The van der Waals surface area contributed by atoms with Crippen molar-refractivity contribution in [3.63, 3.8) is 0 Å². The maximum absolute atomic E-state index is 14.3. The fourth-order valence-corrected chi connectivity index (χ4v) is 5.20. The van der Waals surface area contributed by atoms with Gasteiger partial charge in [-0.25, -0.2) is 8.78 Å². The summed E-state index contributed by atoms with van der Waals surface area (Å²) in [6.07, 6.45) is 5.00. The third kappa shape index (κ3) is 2.68. The van der Waals surface area contributed by atoms with Crippen molar-refractivity contribution in [2.24, 2.45) is 5.41 Å². The van der Waals surface area contributed by atoms with E-state index in [0.29, 0.717) is 12.1 Å². The Bertz CT molecular complexity index is 1070. The molecule has 2 aliphatic rings. The molecule has 0 unspecified atom stereocenters. The van der Waals surface area contributed by atoms with Gasteiger partial charge in [-0.2, -0.15) is 5.10 Å². The molecule has 4 rings (SSSR count). The van der Waals surface area contributed by atoms with Crippen LogP contribution in [0.15, 0.2) is 48.4 Å². The second-order valence-electron chi connectivity index (χ2n) is 8.32. The molecule has 1 fully saturated rings. The minimum atomic E-state index is -0.886. The Morgan fingerprint density at radius 3 is 2.63 bits per heavy atom. The smallest absolute Gasteiger partial charge is 0.185 e. The number of halogens is 2. The Balaban J connectivity index is 1.85. The lowest BCUT2D eigenvalue weighted by atomic mass is 9.67. The lowest BCUT2D eigenvalue weighted by molar-refractivity contribution is -0.110. The summed E-state index contributed by atoms with van der Waals surface area (Å²) in [6.45, 7) is 4.02. The van der Waals surface area contributed by atoms with E-state index < -0.39 is 28.2 Å². The van der Waals surface area contributed by atoms with Gasteiger partial charge in [0.25, 0.3) is 0 Å². The topological polar surface area (TPSA) is 72.3 Å². The Kier molecular flexibility index (Phi) is 4.71. The molecule has 2 aliphatic carbocycles. The number of aromatic nitrogens is 2. The van der Waals surface area contributed by atoms with Crippen molar-refractivity contribution in [3.05, 3.63) is 71.3 Å². The molecule has 0 radical (unpaired) electrons. The van der Waals surface area contributed by atoms with Crippen LogP contribution in [0, 0.1) is 17.0 Å². The van der Waals surface area contributed by atoms with Crippen LogP contribution in [0.5, 0.6) is 0 Å². The minimum absolute atomic E-state index is 0.0109. The third-order valence-electron chi connectivity index (χ3n) is 6.69. The Labute approximate surface area is 173 Å². The van der Waals surface area contributed by atoms with E-state index in [1.165, 1.54) is 43.7 Å². The number of rotatable bonds is 5. The molecule has 5 nitrogen and oxygen atoms in total. The molecule has 1 saturated carbocycles. The van der Waals surface area contributed by atoms with Gasteiger partial charge in [-0.15, -0.1) is 5.10 Å². The summed E-state index contributed by atoms with van der Waals surface area (Å²) in [5.41, 5.74) is -0.0850. The first-order chi connectivity index (χ1) is 14.2. The number of nitrogens with zero attached hydrogens (tertiary/aromatic N) is 2. The highest BCUT2D eigenvalue weighted by Gasteiger charge is 2.65. The van der Waals surface area contributed by atoms with Gasteiger partial charge >= 0.3 is 0 Å². The summed E-state index contributed by atoms with van der Waals surface area (Å²) < 4.78 is 33.3. The van der Waals surface area contributed by atoms with Crippen molar-refractivity contribution in [1.29, 1.82) is 0 Å². The highest BCUT2D eigenvalue weighted by molar-refractivity contribution is 5.99. The molecule has 1 aromatic heterocycles. The van der Waals surface area contributed by atoms with E-state index in [2.05, 4.69) is 10.2 Å². The maximum Gasteiger partial charge on any atom is 0.185 e. The molecule has 1 N–H and O–H groups in total. The van der Waals surface area contributed by atoms with Gasteiger partial charge in [-0.1, -0.05) is 19.9 Å². The summed E-state index contributed by atoms with van der Waals surface area (Å²) in [7, 11) is 1.43. The van der Waals surface area contributed by atoms with E-state index in [-0.39, 0.29) is 22.9 Å². The first-order valence-corrected chi connectivity index (χ1v) is 9.71. The number of aliphatic hydroxyl groups excluding tert-OH is 1. The summed E-state index contributed by atoms with van der Waals surface area (Å²) in [6, 6.07) is 5.32. The van der Waals surface area contributed by atoms with E-state index >= 15 is 0 Å². The van der Waals surface area contributed by atoms with Crippen molar-refractivity contribution < 1.29 is 23.4 Å². The fourth-order valence-electron chi connectivity index (χ4n) is 5.20. The molecule has 7 heteroatoms. The van der Waals surface area contributed by atoms with Crippen LogP contribution in [0.4, 0.5) is 8.78 Å². The number of fused-ring (bicyclic) bond motifs is 5. The predicted molar refractivity (Wildman–Crippen MR) is 107 cm³/mol. The van der Waals surface area contributed by atoms with E-state index in [0.717, 1.165) is 12.0 Å². The Morgan fingerprint density at radius 2 is 1.97 bits per heavy atom. The van der Waals surface area contributed by atoms with Crippen LogP contribution in [-0.2, 0) is 14.9 Å². The zero-order valence-electron chi connectivity index (χ0n) is 16.9. The zero-order chi connectivity index (χ0) is 21.7. The van der Waals surface area contributed by atoms with Gasteiger partial charge in [0.1, 0.15) is 17.4 Å². The van der Waals surface area contributed by atoms with Gasteiger partial charge in [-0.05, 0) is 47.9 Å². The van der Waals surface area contributed by atoms with Crippen LogP contribution in [-0.4, -0.2) is 28.2 Å². The van der Waals surface area contributed by atoms with E-state index in [4.69, 9.17) is 4.74 Å². The number of benzene rings is 1. The van der Waals surface area contributed by atoms with Crippen LogP contribution in [0.2, 0.25) is 0 Å². The van der Waals surface area contributed by atoms with Gasteiger partial charge < -0.3 is 9.84 Å². The van der Waals surface area contributed by atoms with Gasteiger partial charge in [0.05, 0.1) is 35.7 Å². The number of carbonyl (C=O) groups excluding carboxylic acids is 1. The predicted octanol–water partition coefficient (Wildman–Crippen LogP) is 4.75. The number of carbonyl (C=O) groups is 1. The highest BCUT2D eigenvalue weighted by atomic mass is 19.1. The average Bonchev–Trinajstić information content (AvgIpc) is 3.08. The molecular formula is C23H22F2N2O3. The van der Waals surface area contributed by atoms with Gasteiger partial charge in [0.15, 0.2) is 5.78 Å². The third-order valence-corrected chi connectivity index (χ3v) is 6.69. The van der Waals surface area contributed by atoms with Crippen molar-refractivity contribution in [2.45, 2.75) is 38.0 Å². The van der Waals surface area contributed by atoms with Gasteiger partial charge in [0.2, 0.25) is 0 Å². The summed E-state index contributed by atoms with van der Waals surface area (Å²) >= 11 is 0. The van der Waals surface area contributed by atoms with Crippen molar-refractivity contribution in [1.82, 2.24) is 10.2 Å². The van der Waals surface area contributed by atoms with Crippen molar-refractivity contribution in [2.75, 3.05) is 7.11 Å². The first-order valence-electron chi connectivity index (χ1n) is 9.71. The summed E-state index contributed by atoms with van der Waals surface area (Å²) in [5.74, 6) is -1.90. The Morgan fingerprint density at radius 1 is 1.27 bits per heavy atom. The molecule has 2 bridgehead atoms. The number of aliphatic hydroxyl groups is 1. The first kappa shape index (κ1) is 20.2. The van der Waals surface area contributed by atoms with Crippen molar-refractivity contribution in [3.8, 4) is 11.3 Å². The second kappa shape index (κ2) is 7.00. The molecular weight excluding hydrogens is 390 g/mol. The molecule has 30 heavy (non-hydrogen) atoms. The normalized spacial score (nSPS) is 24.3. The zero-order valence-corrected chi connectivity index (χ0v) is 16.9. The number of methoxy groups -OCH3 is 1. The lowest BCUT2D eigenvalue weighted by Crippen LogP contribution is -2.38. The summed E-state index contributed by atoms with van der Waals surface area (Å²) in [4.78, 5) is 12.2. The Hall–Kier alpha value is -3.09. The van der Waals surface area contributed by atoms with Gasteiger partial charge in [0, 0.05) is 12.2 Å². The molecule has 0 spiro atoms. The number of hydrogen-bond donors (Lipinski definition) is 1. The number of allylic oxidation sites excluding steroid dienone is 3. The second-order valence-corrected chi connectivity index (χ2v) is 8.32. The van der Waals surface area contributed by atoms with Crippen LogP contribution in [0.3, 0.4) is 0 Å². The van der Waals surface area contributed by atoms with E-state index in [9.17, 15) is 18.7 Å². The number of ketones is 1. The van der Waals surface area contributed by atoms with Crippen LogP contribution < -0.4 is 0 Å². The van der Waals surface area contributed by atoms with Crippen LogP contribution >= 0.6 is 0 Å². The van der Waals surface area contributed by atoms with Crippen molar-refractivity contribution >= 4 is 5.78 Å². The number of ether oxygens (including phenoxy) is 1. The molecule has 2 atom stereocenters. The maximum atomic E-state index is 14.3. The molecule has 0 saturated heterocycles.